The van der Waals surface area contributed by atoms with Crippen molar-refractivity contribution < 1.29 is 14.3 Å². The minimum Gasteiger partial charge on any atom is -0.461 e. The Hall–Kier alpha value is -0.210. The summed E-state index contributed by atoms with van der Waals surface area (Å²) in [6, 6.07) is 0. The third-order valence-corrected chi connectivity index (χ3v) is 5.92. The van der Waals surface area contributed by atoms with E-state index in [-0.39, 0.29) is 33.8 Å². The number of hydrogen-bond donors (Lipinski definition) is 0. The number of esters is 1. The maximum absolute atomic E-state index is 11.3. The van der Waals surface area contributed by atoms with Gasteiger partial charge in [0.1, 0.15) is 6.10 Å². The second-order valence-corrected chi connectivity index (χ2v) is 7.89. The van der Waals surface area contributed by atoms with Crippen LogP contribution < -0.4 is 0 Å². The number of allylic oxidation sites excluding steroid dienone is 1. The van der Waals surface area contributed by atoms with Gasteiger partial charge in [0.15, 0.2) is 0 Å². The van der Waals surface area contributed by atoms with Crippen LogP contribution in [-0.4, -0.2) is 39.9 Å². The van der Waals surface area contributed by atoms with Crippen LogP contribution in [0.15, 0.2) is 12.2 Å². The minimum atomic E-state index is -0.408. The van der Waals surface area contributed by atoms with Crippen LogP contribution in [0.25, 0.3) is 0 Å². The number of rotatable bonds is 5. The fourth-order valence-corrected chi connectivity index (χ4v) is 3.70. The van der Waals surface area contributed by atoms with Crippen molar-refractivity contribution in [3.8, 4) is 12.3 Å². The summed E-state index contributed by atoms with van der Waals surface area (Å²) in [4.78, 5) is 11.5. The van der Waals surface area contributed by atoms with Gasteiger partial charge in [0.25, 0.3) is 0 Å². The first-order chi connectivity index (χ1) is 10.9. The number of halogens is 3. The van der Waals surface area contributed by atoms with Gasteiger partial charge < -0.3 is 9.47 Å². The van der Waals surface area contributed by atoms with Gasteiger partial charge in [0.05, 0.1) is 23.0 Å². The van der Waals surface area contributed by atoms with Crippen molar-refractivity contribution in [2.45, 2.75) is 73.4 Å². The van der Waals surface area contributed by atoms with E-state index in [0.717, 1.165) is 6.42 Å². The number of carbonyl (C=O) groups excluding carboxylic acids is 1. The molecule has 0 amide bonds. The predicted octanol–water partition coefficient (Wildman–Crippen LogP) is 4.43. The fraction of sp³-hybridized carbons (Fsp3) is 0.706. The third-order valence-electron chi connectivity index (χ3n) is 3.76. The second-order valence-electron chi connectivity index (χ2n) is 5.59. The lowest BCUT2D eigenvalue weighted by Crippen LogP contribution is -2.44. The molecule has 1 fully saturated rings. The summed E-state index contributed by atoms with van der Waals surface area (Å²) in [6.07, 6.45) is 10.6. The molecule has 1 aliphatic heterocycles. The van der Waals surface area contributed by atoms with E-state index in [9.17, 15) is 4.79 Å². The molecule has 3 nitrogen and oxygen atoms in total. The fourth-order valence-electron chi connectivity index (χ4n) is 2.56. The zero-order valence-electron chi connectivity index (χ0n) is 13.4. The van der Waals surface area contributed by atoms with Gasteiger partial charge in [0, 0.05) is 18.2 Å². The van der Waals surface area contributed by atoms with Crippen LogP contribution in [0.1, 0.15) is 39.5 Å². The molecule has 1 rings (SSSR count). The molecule has 1 saturated heterocycles. The van der Waals surface area contributed by atoms with E-state index in [0.29, 0.717) is 19.3 Å². The Labute approximate surface area is 157 Å². The SMILES string of the molecule is C#C/C=C\C[C@@H]1O[C@@H]([C@H](Br)CC)C[C@H](OC(C)=O)[C@@H](Cl)C[C@@H]1Cl. The molecule has 23 heavy (non-hydrogen) atoms. The predicted molar refractivity (Wildman–Crippen MR) is 98.3 cm³/mol. The highest BCUT2D eigenvalue weighted by atomic mass is 79.9. The molecule has 0 aromatic carbocycles. The van der Waals surface area contributed by atoms with Crippen molar-refractivity contribution in [3.05, 3.63) is 12.2 Å². The van der Waals surface area contributed by atoms with Gasteiger partial charge in [-0.1, -0.05) is 34.9 Å². The standard InChI is InChI=1S/C17H23BrCl2O3/c1-4-6-7-8-15-13(19)9-14(20)17(22-11(3)21)10-16(23-15)12(18)5-2/h1,6-7,12-17H,5,8-10H2,2-3H3/b7-6-/t12-,13+,14+,15+,16-,17+/m1/s1. The molecular formula is C17H23BrCl2O3. The Morgan fingerprint density at radius 1 is 1.48 bits per heavy atom. The molecule has 1 aliphatic rings. The molecule has 0 bridgehead atoms. The van der Waals surface area contributed by atoms with Crippen molar-refractivity contribution >= 4 is 45.1 Å². The van der Waals surface area contributed by atoms with Gasteiger partial charge in [0.2, 0.25) is 0 Å². The van der Waals surface area contributed by atoms with Crippen LogP contribution in [0.4, 0.5) is 0 Å². The van der Waals surface area contributed by atoms with Crippen LogP contribution >= 0.6 is 39.1 Å². The summed E-state index contributed by atoms with van der Waals surface area (Å²) in [5.41, 5.74) is 0. The number of hydrogen-bond acceptors (Lipinski definition) is 3. The molecule has 0 unspecified atom stereocenters. The molecule has 0 aromatic heterocycles. The van der Waals surface area contributed by atoms with Crippen LogP contribution in [0.5, 0.6) is 0 Å². The van der Waals surface area contributed by atoms with E-state index in [1.807, 2.05) is 6.08 Å². The van der Waals surface area contributed by atoms with Crippen molar-refractivity contribution in [2.75, 3.05) is 0 Å². The number of alkyl halides is 3. The summed E-state index contributed by atoms with van der Waals surface area (Å²) < 4.78 is 11.6. The highest BCUT2D eigenvalue weighted by Crippen LogP contribution is 2.32. The van der Waals surface area contributed by atoms with E-state index < -0.39 is 6.10 Å². The van der Waals surface area contributed by atoms with Gasteiger partial charge in [-0.2, -0.15) is 0 Å². The van der Waals surface area contributed by atoms with Crippen molar-refractivity contribution in [1.29, 1.82) is 0 Å². The molecular weight excluding hydrogens is 403 g/mol. The normalized spacial score (nSPS) is 33.5. The highest BCUT2D eigenvalue weighted by Gasteiger charge is 2.37. The molecule has 0 aliphatic carbocycles. The monoisotopic (exact) mass is 424 g/mol. The first-order valence-electron chi connectivity index (χ1n) is 7.75. The van der Waals surface area contributed by atoms with Crippen molar-refractivity contribution in [1.82, 2.24) is 0 Å². The van der Waals surface area contributed by atoms with E-state index in [1.54, 1.807) is 6.08 Å². The summed E-state index contributed by atoms with van der Waals surface area (Å²) in [5.74, 6) is 2.12. The maximum Gasteiger partial charge on any atom is 0.302 e. The first kappa shape index (κ1) is 20.8. The molecule has 6 atom stereocenters. The quantitative estimate of drug-likeness (QED) is 0.371. The average Bonchev–Trinajstić information content (AvgIpc) is 2.49. The third kappa shape index (κ3) is 7.05. The Balaban J connectivity index is 2.92. The molecule has 6 heteroatoms. The Morgan fingerprint density at radius 2 is 2.17 bits per heavy atom. The molecule has 0 N–H and O–H groups in total. The van der Waals surface area contributed by atoms with Gasteiger partial charge in [-0.15, -0.1) is 29.6 Å². The highest BCUT2D eigenvalue weighted by molar-refractivity contribution is 9.09. The lowest BCUT2D eigenvalue weighted by atomic mass is 9.96. The van der Waals surface area contributed by atoms with E-state index in [4.69, 9.17) is 39.1 Å². The van der Waals surface area contributed by atoms with Crippen molar-refractivity contribution in [2.24, 2.45) is 0 Å². The largest absolute Gasteiger partial charge is 0.461 e. The Morgan fingerprint density at radius 3 is 2.74 bits per heavy atom. The van der Waals surface area contributed by atoms with E-state index in [1.165, 1.54) is 6.92 Å². The summed E-state index contributed by atoms with van der Waals surface area (Å²) in [6.45, 7) is 3.45. The molecule has 0 saturated carbocycles. The zero-order valence-corrected chi connectivity index (χ0v) is 16.5. The van der Waals surface area contributed by atoms with Crippen LogP contribution in [0.3, 0.4) is 0 Å². The maximum atomic E-state index is 11.3. The lowest BCUT2D eigenvalue weighted by molar-refractivity contribution is -0.150. The Bertz CT molecular complexity index is 450. The van der Waals surface area contributed by atoms with Gasteiger partial charge in [-0.3, -0.25) is 4.79 Å². The van der Waals surface area contributed by atoms with Gasteiger partial charge in [-0.05, 0) is 25.3 Å². The molecule has 0 spiro atoms. The van der Waals surface area contributed by atoms with E-state index >= 15 is 0 Å². The summed E-state index contributed by atoms with van der Waals surface area (Å²) in [5, 5.41) is -0.624. The smallest absolute Gasteiger partial charge is 0.302 e. The van der Waals surface area contributed by atoms with Crippen molar-refractivity contribution in [3.63, 3.8) is 0 Å². The first-order valence-corrected chi connectivity index (χ1v) is 9.53. The summed E-state index contributed by atoms with van der Waals surface area (Å²) >= 11 is 16.6. The van der Waals surface area contributed by atoms with Gasteiger partial charge in [-0.25, -0.2) is 0 Å². The van der Waals surface area contributed by atoms with Gasteiger partial charge >= 0.3 is 5.97 Å². The van der Waals surface area contributed by atoms with Crippen LogP contribution in [0.2, 0.25) is 0 Å². The van der Waals surface area contributed by atoms with E-state index in [2.05, 4.69) is 28.8 Å². The minimum absolute atomic E-state index is 0.130. The van der Waals surface area contributed by atoms with Crippen LogP contribution in [-0.2, 0) is 14.3 Å². The van der Waals surface area contributed by atoms with Crippen LogP contribution in [0, 0.1) is 12.3 Å². The Kier molecular flexibility index (Phi) is 9.61. The topological polar surface area (TPSA) is 35.5 Å². The summed E-state index contributed by atoms with van der Waals surface area (Å²) in [7, 11) is 0. The number of carbonyl (C=O) groups is 1. The lowest BCUT2D eigenvalue weighted by Gasteiger charge is -2.37. The molecule has 130 valence electrons. The second kappa shape index (κ2) is 10.6. The number of terminal acetylenes is 1. The molecule has 0 radical (unpaired) electrons. The zero-order chi connectivity index (χ0) is 17.4. The molecule has 1 heterocycles. The average molecular weight is 426 g/mol. The number of ether oxygens (including phenoxy) is 2. The molecule has 0 aromatic rings.